The van der Waals surface area contributed by atoms with Gasteiger partial charge in [-0.1, -0.05) is 19.1 Å². The molecule has 0 amide bonds. The zero-order valence-corrected chi connectivity index (χ0v) is 29.6. The van der Waals surface area contributed by atoms with E-state index in [1.165, 1.54) is 36.4 Å². The van der Waals surface area contributed by atoms with Gasteiger partial charge in [0.2, 0.25) is 19.7 Å². The van der Waals surface area contributed by atoms with Crippen LogP contribution in [0, 0.1) is 17.6 Å². The van der Waals surface area contributed by atoms with Gasteiger partial charge in [-0.2, -0.15) is 0 Å². The van der Waals surface area contributed by atoms with Crippen molar-refractivity contribution in [1.29, 1.82) is 0 Å². The lowest BCUT2D eigenvalue weighted by Gasteiger charge is -2.22. The summed E-state index contributed by atoms with van der Waals surface area (Å²) in [6.45, 7) is 7.19. The van der Waals surface area contributed by atoms with E-state index in [1.807, 2.05) is 12.1 Å². The molecule has 8 nitrogen and oxygen atoms in total. The zero-order chi connectivity index (χ0) is 35.2. The SMILES string of the molecule is CC1CNCC[C@@H]2Nc3ccc(S(=O)(=O)c4cccc(F)c4)cc3[C@@H]12.CC1C[C@@H]2c3cc(S(=O)(=O)c4cccc(F)c4)ccc3N[C@H]2CCN1. The molecule has 0 bridgehead atoms. The minimum Gasteiger partial charge on any atom is -0.381 e. The van der Waals surface area contributed by atoms with Crippen LogP contribution in [-0.4, -0.2) is 54.6 Å². The Balaban J connectivity index is 0.000000157. The predicted octanol–water partition coefficient (Wildman–Crippen LogP) is 6.47. The Morgan fingerprint density at radius 2 is 1.18 bits per heavy atom. The summed E-state index contributed by atoms with van der Waals surface area (Å²) in [7, 11) is -7.46. The first-order chi connectivity index (χ1) is 23.9. The first kappa shape index (κ1) is 34.6. The van der Waals surface area contributed by atoms with Crippen LogP contribution in [0.2, 0.25) is 0 Å². The zero-order valence-electron chi connectivity index (χ0n) is 28.0. The molecule has 50 heavy (non-hydrogen) atoms. The molecule has 4 aliphatic rings. The van der Waals surface area contributed by atoms with Crippen LogP contribution < -0.4 is 21.3 Å². The number of halogens is 2. The molecule has 2 saturated heterocycles. The number of hydrogen-bond acceptors (Lipinski definition) is 8. The summed E-state index contributed by atoms with van der Waals surface area (Å²) in [5.74, 6) is -0.108. The van der Waals surface area contributed by atoms with E-state index < -0.39 is 31.3 Å². The average Bonchev–Trinajstić information content (AvgIpc) is 3.49. The minimum absolute atomic E-state index is 0.00847. The van der Waals surface area contributed by atoms with Gasteiger partial charge in [0.25, 0.3) is 0 Å². The highest BCUT2D eigenvalue weighted by Crippen LogP contribution is 2.44. The molecule has 6 atom stereocenters. The molecule has 264 valence electrons. The fourth-order valence-electron chi connectivity index (χ4n) is 8.01. The lowest BCUT2D eigenvalue weighted by atomic mass is 9.84. The van der Waals surface area contributed by atoms with Crippen LogP contribution in [0.15, 0.2) is 105 Å². The largest absolute Gasteiger partial charge is 0.381 e. The maximum absolute atomic E-state index is 13.5. The average molecular weight is 721 g/mol. The smallest absolute Gasteiger partial charge is 0.206 e. The molecule has 0 aromatic heterocycles. The maximum atomic E-state index is 13.5. The van der Waals surface area contributed by atoms with E-state index in [2.05, 4.69) is 35.1 Å². The number of nitrogens with one attached hydrogen (secondary N) is 4. The molecule has 0 radical (unpaired) electrons. The number of sulfone groups is 2. The summed E-state index contributed by atoms with van der Waals surface area (Å²) >= 11 is 0. The first-order valence-corrected chi connectivity index (χ1v) is 20.1. The van der Waals surface area contributed by atoms with Crippen molar-refractivity contribution < 1.29 is 25.6 Å². The summed E-state index contributed by atoms with van der Waals surface area (Å²) in [5, 5.41) is 14.0. The second-order valence-electron chi connectivity index (χ2n) is 13.9. The fourth-order valence-corrected chi connectivity index (χ4v) is 10.7. The Kier molecular flexibility index (Phi) is 9.48. The Hall–Kier alpha value is -3.84. The maximum Gasteiger partial charge on any atom is 0.206 e. The van der Waals surface area contributed by atoms with Crippen LogP contribution in [-0.2, 0) is 19.7 Å². The van der Waals surface area contributed by atoms with E-state index in [0.717, 1.165) is 73.5 Å². The van der Waals surface area contributed by atoms with Gasteiger partial charge in [0.15, 0.2) is 0 Å². The summed E-state index contributed by atoms with van der Waals surface area (Å²) in [4.78, 5) is 0.435. The molecule has 4 N–H and O–H groups in total. The van der Waals surface area contributed by atoms with E-state index in [0.29, 0.717) is 30.0 Å². The molecule has 4 heterocycles. The van der Waals surface area contributed by atoms with Gasteiger partial charge in [0, 0.05) is 41.3 Å². The van der Waals surface area contributed by atoms with Crippen LogP contribution in [0.25, 0.3) is 0 Å². The molecule has 0 saturated carbocycles. The van der Waals surface area contributed by atoms with Crippen LogP contribution in [0.5, 0.6) is 0 Å². The van der Waals surface area contributed by atoms with E-state index in [4.69, 9.17) is 0 Å². The van der Waals surface area contributed by atoms with Crippen molar-refractivity contribution in [2.24, 2.45) is 5.92 Å². The molecule has 12 heteroatoms. The standard InChI is InChI=1S/2C19H21FN2O2S/c1-12-11-21-8-7-18-19(12)16-10-15(5-6-17(16)22-18)25(23,24)14-4-2-3-13(20)9-14;1-12-9-16-17-11-15(5-6-18(17)22-19(16)7-8-21-12)25(23,24)14-4-2-3-13(20)10-14/h2-6,9-10,12,18-19,21-22H,7-8,11H2,1H3;2-6,10-12,16,19,21-22H,7-9H2,1H3/t12?,18-,19+;12?,16-,19+/m01/s1. The van der Waals surface area contributed by atoms with Gasteiger partial charge >= 0.3 is 0 Å². The van der Waals surface area contributed by atoms with E-state index in [-0.39, 0.29) is 25.5 Å². The molecule has 0 aliphatic carbocycles. The summed E-state index contributed by atoms with van der Waals surface area (Å²) in [6, 6.07) is 21.9. The molecule has 0 spiro atoms. The monoisotopic (exact) mass is 720 g/mol. The summed E-state index contributed by atoms with van der Waals surface area (Å²) in [5.41, 5.74) is 4.14. The van der Waals surface area contributed by atoms with Gasteiger partial charge in [0.05, 0.1) is 19.6 Å². The Bertz CT molecular complexity index is 2130. The van der Waals surface area contributed by atoms with Crippen molar-refractivity contribution in [2.45, 2.75) is 82.7 Å². The van der Waals surface area contributed by atoms with Crippen LogP contribution >= 0.6 is 0 Å². The van der Waals surface area contributed by atoms with Crippen molar-refractivity contribution in [2.75, 3.05) is 30.3 Å². The molecular formula is C38H42F2N4O4S2. The highest BCUT2D eigenvalue weighted by molar-refractivity contribution is 7.91. The number of anilines is 2. The van der Waals surface area contributed by atoms with Crippen molar-refractivity contribution in [1.82, 2.24) is 10.6 Å². The quantitative estimate of drug-likeness (QED) is 0.190. The van der Waals surface area contributed by atoms with Gasteiger partial charge in [-0.15, -0.1) is 0 Å². The Morgan fingerprint density at radius 1 is 0.640 bits per heavy atom. The van der Waals surface area contributed by atoms with Crippen LogP contribution in [0.1, 0.15) is 56.1 Å². The predicted molar refractivity (Wildman–Crippen MR) is 190 cm³/mol. The Morgan fingerprint density at radius 3 is 1.80 bits per heavy atom. The van der Waals surface area contributed by atoms with E-state index >= 15 is 0 Å². The number of rotatable bonds is 4. The third kappa shape index (κ3) is 6.66. The number of benzene rings is 4. The van der Waals surface area contributed by atoms with Crippen LogP contribution in [0.4, 0.5) is 20.2 Å². The van der Waals surface area contributed by atoms with Crippen molar-refractivity contribution in [3.63, 3.8) is 0 Å². The van der Waals surface area contributed by atoms with Crippen molar-refractivity contribution in [3.05, 3.63) is 108 Å². The molecule has 2 unspecified atom stereocenters. The molecule has 8 rings (SSSR count). The number of fused-ring (bicyclic) bond motifs is 6. The highest BCUT2D eigenvalue weighted by atomic mass is 32.2. The third-order valence-electron chi connectivity index (χ3n) is 10.5. The second kappa shape index (κ2) is 13.7. The van der Waals surface area contributed by atoms with Gasteiger partial charge in [-0.05, 0) is 136 Å². The van der Waals surface area contributed by atoms with Gasteiger partial charge in [0.1, 0.15) is 11.6 Å². The summed E-state index contributed by atoms with van der Waals surface area (Å²) in [6.07, 6.45) is 2.99. The van der Waals surface area contributed by atoms with Crippen LogP contribution in [0.3, 0.4) is 0 Å². The highest BCUT2D eigenvalue weighted by Gasteiger charge is 2.38. The van der Waals surface area contributed by atoms with E-state index in [1.54, 1.807) is 24.3 Å². The molecule has 4 aliphatic heterocycles. The Labute approximate surface area is 292 Å². The normalized spacial score (nSPS) is 25.6. The lowest BCUT2D eigenvalue weighted by molar-refractivity contribution is 0.443. The first-order valence-electron chi connectivity index (χ1n) is 17.2. The second-order valence-corrected chi connectivity index (χ2v) is 17.8. The van der Waals surface area contributed by atoms with Crippen molar-refractivity contribution in [3.8, 4) is 0 Å². The van der Waals surface area contributed by atoms with Gasteiger partial charge in [-0.25, -0.2) is 25.6 Å². The third-order valence-corrected chi connectivity index (χ3v) is 14.0. The van der Waals surface area contributed by atoms with E-state index in [9.17, 15) is 25.6 Å². The number of hydrogen-bond donors (Lipinski definition) is 4. The minimum atomic E-state index is -3.73. The molecule has 4 aromatic carbocycles. The van der Waals surface area contributed by atoms with Crippen molar-refractivity contribution >= 4 is 31.0 Å². The van der Waals surface area contributed by atoms with Gasteiger partial charge < -0.3 is 21.3 Å². The summed E-state index contributed by atoms with van der Waals surface area (Å²) < 4.78 is 78.5. The van der Waals surface area contributed by atoms with Gasteiger partial charge in [-0.3, -0.25) is 0 Å². The lowest BCUT2D eigenvalue weighted by Crippen LogP contribution is -2.25. The fraction of sp³-hybridized carbons (Fsp3) is 0.368. The molecule has 2 fully saturated rings. The molecule has 4 aromatic rings. The molecular weight excluding hydrogens is 679 g/mol. The topological polar surface area (TPSA) is 116 Å².